The van der Waals surface area contributed by atoms with E-state index >= 15 is 0 Å². The molecular formula is C20H20N2O3S. The molecule has 0 radical (unpaired) electrons. The Balaban J connectivity index is 1.64. The average molecular weight is 368 g/mol. The Labute approximate surface area is 156 Å². The van der Waals surface area contributed by atoms with E-state index in [0.29, 0.717) is 10.9 Å². The predicted octanol–water partition coefficient (Wildman–Crippen LogP) is 4.17. The molecule has 6 heteroatoms. The minimum absolute atomic E-state index is 0.0304. The molecule has 1 heterocycles. The second kappa shape index (κ2) is 8.01. The van der Waals surface area contributed by atoms with Gasteiger partial charge in [-0.1, -0.05) is 12.1 Å². The number of aromatic nitrogens is 1. The summed E-state index contributed by atoms with van der Waals surface area (Å²) in [5.74, 6) is 1.33. The molecule has 3 rings (SSSR count). The molecule has 0 aliphatic heterocycles. The SMILES string of the molecule is COc1ccc(-c2csc(N(C)C(=O)COc3cccc(C)c3)n2)cc1. The van der Waals surface area contributed by atoms with Crippen LogP contribution < -0.4 is 14.4 Å². The van der Waals surface area contributed by atoms with Crippen LogP contribution in [-0.4, -0.2) is 31.7 Å². The first-order chi connectivity index (χ1) is 12.6. The van der Waals surface area contributed by atoms with Crippen molar-refractivity contribution in [2.45, 2.75) is 6.92 Å². The predicted molar refractivity (Wildman–Crippen MR) is 104 cm³/mol. The van der Waals surface area contributed by atoms with Crippen molar-refractivity contribution in [2.75, 3.05) is 25.7 Å². The van der Waals surface area contributed by atoms with E-state index in [9.17, 15) is 4.79 Å². The first-order valence-electron chi connectivity index (χ1n) is 8.13. The topological polar surface area (TPSA) is 51.7 Å². The van der Waals surface area contributed by atoms with E-state index in [2.05, 4.69) is 4.98 Å². The standard InChI is InChI=1S/C20H20N2O3S/c1-14-5-4-6-17(11-14)25-12-19(23)22(2)20-21-18(13-26-20)15-7-9-16(24-3)10-8-15/h4-11,13H,12H2,1-3H3. The zero-order valence-corrected chi connectivity index (χ0v) is 15.7. The number of hydrogen-bond donors (Lipinski definition) is 0. The number of nitrogens with zero attached hydrogens (tertiary/aromatic N) is 2. The summed E-state index contributed by atoms with van der Waals surface area (Å²) >= 11 is 1.42. The number of rotatable bonds is 6. The number of carbonyl (C=O) groups is 1. The number of methoxy groups -OCH3 is 1. The second-order valence-electron chi connectivity index (χ2n) is 5.80. The number of aryl methyl sites for hydroxylation is 1. The maximum atomic E-state index is 12.4. The molecule has 134 valence electrons. The van der Waals surface area contributed by atoms with Gasteiger partial charge in [0.2, 0.25) is 0 Å². The van der Waals surface area contributed by atoms with Gasteiger partial charge in [-0.3, -0.25) is 9.69 Å². The highest BCUT2D eigenvalue weighted by atomic mass is 32.1. The molecule has 2 aromatic carbocycles. The number of hydrogen-bond acceptors (Lipinski definition) is 5. The first-order valence-corrected chi connectivity index (χ1v) is 9.01. The molecular weight excluding hydrogens is 348 g/mol. The fourth-order valence-corrected chi connectivity index (χ4v) is 3.18. The van der Waals surface area contributed by atoms with Crippen molar-refractivity contribution >= 4 is 22.4 Å². The highest BCUT2D eigenvalue weighted by Gasteiger charge is 2.16. The van der Waals surface area contributed by atoms with Crippen LogP contribution in [0.5, 0.6) is 11.5 Å². The quantitative estimate of drug-likeness (QED) is 0.655. The van der Waals surface area contributed by atoms with E-state index in [4.69, 9.17) is 9.47 Å². The zero-order valence-electron chi connectivity index (χ0n) is 14.9. The van der Waals surface area contributed by atoms with E-state index < -0.39 is 0 Å². The van der Waals surface area contributed by atoms with Crippen LogP contribution >= 0.6 is 11.3 Å². The van der Waals surface area contributed by atoms with Crippen LogP contribution in [-0.2, 0) is 4.79 Å². The van der Waals surface area contributed by atoms with Crippen molar-refractivity contribution in [3.05, 3.63) is 59.5 Å². The van der Waals surface area contributed by atoms with Gasteiger partial charge in [0.1, 0.15) is 11.5 Å². The lowest BCUT2D eigenvalue weighted by Crippen LogP contribution is -2.31. The summed E-state index contributed by atoms with van der Waals surface area (Å²) in [6.07, 6.45) is 0. The summed E-state index contributed by atoms with van der Waals surface area (Å²) in [6.45, 7) is 1.95. The molecule has 0 atom stereocenters. The molecule has 0 saturated heterocycles. The molecule has 0 aliphatic carbocycles. The number of likely N-dealkylation sites (N-methyl/N-ethyl adjacent to an activating group) is 1. The lowest BCUT2D eigenvalue weighted by atomic mass is 10.2. The number of thiazole rings is 1. The third kappa shape index (κ3) is 4.21. The summed E-state index contributed by atoms with van der Waals surface area (Å²) < 4.78 is 10.7. The maximum absolute atomic E-state index is 12.4. The van der Waals surface area contributed by atoms with Gasteiger partial charge in [0.05, 0.1) is 12.8 Å². The Morgan fingerprint density at radius 1 is 1.15 bits per heavy atom. The zero-order chi connectivity index (χ0) is 18.5. The number of ether oxygens (including phenoxy) is 2. The van der Waals surface area contributed by atoms with Crippen LogP contribution in [0.1, 0.15) is 5.56 Å². The summed E-state index contributed by atoms with van der Waals surface area (Å²) in [5, 5.41) is 2.57. The Morgan fingerprint density at radius 2 is 1.92 bits per heavy atom. The van der Waals surface area contributed by atoms with Crippen LogP contribution in [0.15, 0.2) is 53.9 Å². The van der Waals surface area contributed by atoms with E-state index in [0.717, 1.165) is 22.6 Å². The third-order valence-electron chi connectivity index (χ3n) is 3.89. The number of amides is 1. The van der Waals surface area contributed by atoms with E-state index in [1.165, 1.54) is 16.2 Å². The molecule has 0 N–H and O–H groups in total. The van der Waals surface area contributed by atoms with E-state index in [-0.39, 0.29) is 12.5 Å². The van der Waals surface area contributed by atoms with Gasteiger partial charge < -0.3 is 9.47 Å². The molecule has 0 spiro atoms. The first kappa shape index (κ1) is 17.9. The van der Waals surface area contributed by atoms with Crippen molar-refractivity contribution in [1.29, 1.82) is 0 Å². The van der Waals surface area contributed by atoms with Crippen molar-refractivity contribution in [3.63, 3.8) is 0 Å². The molecule has 26 heavy (non-hydrogen) atoms. The lowest BCUT2D eigenvalue weighted by molar-refractivity contribution is -0.120. The molecule has 1 amide bonds. The molecule has 0 saturated carbocycles. The normalized spacial score (nSPS) is 10.4. The largest absolute Gasteiger partial charge is 0.497 e. The highest BCUT2D eigenvalue weighted by Crippen LogP contribution is 2.28. The van der Waals surface area contributed by atoms with Crippen molar-refractivity contribution in [1.82, 2.24) is 4.98 Å². The maximum Gasteiger partial charge on any atom is 0.266 e. The molecule has 0 fully saturated rings. The smallest absolute Gasteiger partial charge is 0.266 e. The summed E-state index contributed by atoms with van der Waals surface area (Å²) in [6, 6.07) is 15.3. The number of carbonyl (C=O) groups excluding carboxylic acids is 1. The minimum Gasteiger partial charge on any atom is -0.497 e. The Hall–Kier alpha value is -2.86. The highest BCUT2D eigenvalue weighted by molar-refractivity contribution is 7.14. The minimum atomic E-state index is -0.151. The molecule has 0 bridgehead atoms. The van der Waals surface area contributed by atoms with Crippen LogP contribution in [0.2, 0.25) is 0 Å². The van der Waals surface area contributed by atoms with Gasteiger partial charge in [-0.25, -0.2) is 4.98 Å². The molecule has 3 aromatic rings. The summed E-state index contributed by atoms with van der Waals surface area (Å²) in [7, 11) is 3.34. The lowest BCUT2D eigenvalue weighted by Gasteiger charge is -2.14. The monoisotopic (exact) mass is 368 g/mol. The van der Waals surface area contributed by atoms with E-state index in [1.54, 1.807) is 14.2 Å². The fourth-order valence-electron chi connectivity index (χ4n) is 2.37. The van der Waals surface area contributed by atoms with E-state index in [1.807, 2.05) is 60.8 Å². The van der Waals surface area contributed by atoms with Crippen LogP contribution in [0.4, 0.5) is 5.13 Å². The van der Waals surface area contributed by atoms with Crippen LogP contribution in [0.25, 0.3) is 11.3 Å². The van der Waals surface area contributed by atoms with Crippen molar-refractivity contribution in [3.8, 4) is 22.8 Å². The summed E-state index contributed by atoms with van der Waals surface area (Å²) in [5.41, 5.74) is 2.89. The Kier molecular flexibility index (Phi) is 5.53. The summed E-state index contributed by atoms with van der Waals surface area (Å²) in [4.78, 5) is 18.5. The van der Waals surface area contributed by atoms with Crippen LogP contribution in [0.3, 0.4) is 0 Å². The van der Waals surface area contributed by atoms with Gasteiger partial charge in [0.25, 0.3) is 5.91 Å². The van der Waals surface area contributed by atoms with Crippen LogP contribution in [0, 0.1) is 6.92 Å². The molecule has 0 unspecified atom stereocenters. The van der Waals surface area contributed by atoms with Gasteiger partial charge in [-0.2, -0.15) is 0 Å². The Morgan fingerprint density at radius 3 is 2.62 bits per heavy atom. The number of anilines is 1. The van der Waals surface area contributed by atoms with Crippen molar-refractivity contribution in [2.24, 2.45) is 0 Å². The van der Waals surface area contributed by atoms with Gasteiger partial charge >= 0.3 is 0 Å². The van der Waals surface area contributed by atoms with Gasteiger partial charge in [-0.05, 0) is 48.9 Å². The molecule has 1 aromatic heterocycles. The van der Waals surface area contributed by atoms with Crippen molar-refractivity contribution < 1.29 is 14.3 Å². The van der Waals surface area contributed by atoms with Gasteiger partial charge in [0, 0.05) is 18.0 Å². The second-order valence-corrected chi connectivity index (χ2v) is 6.64. The Bertz CT molecular complexity index is 890. The molecule has 0 aliphatic rings. The average Bonchev–Trinajstić information content (AvgIpc) is 3.16. The molecule has 5 nitrogen and oxygen atoms in total. The fraction of sp³-hybridized carbons (Fsp3) is 0.200. The van der Waals surface area contributed by atoms with Gasteiger partial charge in [0.15, 0.2) is 11.7 Å². The number of benzene rings is 2. The third-order valence-corrected chi connectivity index (χ3v) is 4.81. The van der Waals surface area contributed by atoms with Gasteiger partial charge in [-0.15, -0.1) is 11.3 Å².